The van der Waals surface area contributed by atoms with Gasteiger partial charge in [0.1, 0.15) is 5.75 Å². The summed E-state index contributed by atoms with van der Waals surface area (Å²) in [4.78, 5) is 22.4. The van der Waals surface area contributed by atoms with Gasteiger partial charge in [-0.15, -0.1) is 0 Å². The molecule has 20 heavy (non-hydrogen) atoms. The zero-order valence-electron chi connectivity index (χ0n) is 11.3. The minimum Gasteiger partial charge on any atom is -0.497 e. The average molecular weight is 270 g/mol. The van der Waals surface area contributed by atoms with Crippen LogP contribution < -0.4 is 15.0 Å². The average Bonchev–Trinajstić information content (AvgIpc) is 2.84. The number of rotatable bonds is 3. The van der Waals surface area contributed by atoms with Crippen LogP contribution in [0.5, 0.6) is 5.75 Å². The molecule has 1 aliphatic rings. The van der Waals surface area contributed by atoms with Crippen LogP contribution in [-0.4, -0.2) is 30.0 Å². The Morgan fingerprint density at radius 1 is 1.30 bits per heavy atom. The van der Waals surface area contributed by atoms with Gasteiger partial charge in [0.15, 0.2) is 0 Å². The van der Waals surface area contributed by atoms with E-state index in [1.165, 1.54) is 0 Å². The molecule has 1 amide bonds. The lowest BCUT2D eigenvalue weighted by Gasteiger charge is -2.15. The van der Waals surface area contributed by atoms with Gasteiger partial charge < -0.3 is 15.0 Å². The number of carbonyl (C=O) groups is 1. The summed E-state index contributed by atoms with van der Waals surface area (Å²) in [6.45, 7) is 0.456. The van der Waals surface area contributed by atoms with E-state index in [0.29, 0.717) is 18.1 Å². The number of nitrogens with zero attached hydrogens (tertiary/aromatic N) is 3. The number of hydrogen-bond donors (Lipinski definition) is 1. The molecule has 1 N–H and O–H groups in total. The van der Waals surface area contributed by atoms with Gasteiger partial charge in [-0.25, -0.2) is 9.97 Å². The van der Waals surface area contributed by atoms with Gasteiger partial charge >= 0.3 is 0 Å². The zero-order valence-corrected chi connectivity index (χ0v) is 11.3. The second kappa shape index (κ2) is 4.80. The molecule has 6 nitrogen and oxygen atoms in total. The number of carbonyl (C=O) groups excluding carboxylic acids is 1. The molecule has 1 aliphatic heterocycles. The van der Waals surface area contributed by atoms with Crippen molar-refractivity contribution in [2.24, 2.45) is 0 Å². The van der Waals surface area contributed by atoms with Crippen molar-refractivity contribution < 1.29 is 9.53 Å². The molecule has 1 aromatic heterocycles. The molecule has 102 valence electrons. The number of amides is 1. The molecule has 2 heterocycles. The number of ether oxygens (including phenoxy) is 1. The Kier molecular flexibility index (Phi) is 2.98. The Morgan fingerprint density at radius 2 is 2.05 bits per heavy atom. The Morgan fingerprint density at radius 3 is 2.70 bits per heavy atom. The van der Waals surface area contributed by atoms with Crippen molar-refractivity contribution in [3.63, 3.8) is 0 Å². The molecular weight excluding hydrogens is 256 g/mol. The fourth-order valence-corrected chi connectivity index (χ4v) is 2.17. The van der Waals surface area contributed by atoms with Crippen LogP contribution in [0, 0.1) is 0 Å². The molecule has 0 aliphatic carbocycles. The van der Waals surface area contributed by atoms with Crippen molar-refractivity contribution >= 4 is 17.5 Å². The van der Waals surface area contributed by atoms with Gasteiger partial charge in [0.2, 0.25) is 5.95 Å². The van der Waals surface area contributed by atoms with Crippen molar-refractivity contribution in [2.45, 2.75) is 6.54 Å². The second-order valence-corrected chi connectivity index (χ2v) is 4.39. The maximum absolute atomic E-state index is 12.3. The van der Waals surface area contributed by atoms with Crippen LogP contribution in [0.15, 0.2) is 30.5 Å². The summed E-state index contributed by atoms with van der Waals surface area (Å²) >= 11 is 0. The van der Waals surface area contributed by atoms with Gasteiger partial charge in [-0.2, -0.15) is 0 Å². The van der Waals surface area contributed by atoms with Crippen LogP contribution in [0.25, 0.3) is 0 Å². The molecule has 0 radical (unpaired) electrons. The Bertz CT molecular complexity index is 655. The van der Waals surface area contributed by atoms with E-state index >= 15 is 0 Å². The van der Waals surface area contributed by atoms with E-state index in [-0.39, 0.29) is 5.91 Å². The maximum Gasteiger partial charge on any atom is 0.262 e. The maximum atomic E-state index is 12.3. The lowest BCUT2D eigenvalue weighted by molar-refractivity contribution is 0.0996. The summed E-state index contributed by atoms with van der Waals surface area (Å²) in [5, 5.41) is 2.87. The summed E-state index contributed by atoms with van der Waals surface area (Å²) < 4.78 is 5.12. The van der Waals surface area contributed by atoms with Crippen LogP contribution in [0.2, 0.25) is 0 Å². The topological polar surface area (TPSA) is 67.3 Å². The third-order valence-corrected chi connectivity index (χ3v) is 3.26. The SMILES string of the molecule is CNc1ncc2c(n1)CN(c1ccc(OC)cc1)C2=O. The molecule has 0 unspecified atom stereocenters. The van der Waals surface area contributed by atoms with Crippen LogP contribution in [0.3, 0.4) is 0 Å². The number of fused-ring (bicyclic) bond motifs is 1. The van der Waals surface area contributed by atoms with Crippen LogP contribution in [-0.2, 0) is 6.54 Å². The summed E-state index contributed by atoms with van der Waals surface area (Å²) in [5.41, 5.74) is 2.12. The molecule has 0 saturated heterocycles. The second-order valence-electron chi connectivity index (χ2n) is 4.39. The van der Waals surface area contributed by atoms with Crippen molar-refractivity contribution in [3.05, 3.63) is 41.7 Å². The van der Waals surface area contributed by atoms with Gasteiger partial charge in [-0.1, -0.05) is 0 Å². The zero-order chi connectivity index (χ0) is 14.1. The number of methoxy groups -OCH3 is 1. The first-order chi connectivity index (χ1) is 9.72. The van der Waals surface area contributed by atoms with E-state index in [1.807, 2.05) is 24.3 Å². The van der Waals surface area contributed by atoms with Crippen LogP contribution in [0.4, 0.5) is 11.6 Å². The molecular formula is C14H14N4O2. The summed E-state index contributed by atoms with van der Waals surface area (Å²) in [7, 11) is 3.36. The van der Waals surface area contributed by atoms with Crippen LogP contribution in [0.1, 0.15) is 16.1 Å². The first-order valence-electron chi connectivity index (χ1n) is 6.22. The molecule has 0 atom stereocenters. The van der Waals surface area contributed by atoms with Crippen molar-refractivity contribution in [1.82, 2.24) is 9.97 Å². The highest BCUT2D eigenvalue weighted by atomic mass is 16.5. The van der Waals surface area contributed by atoms with Gasteiger partial charge in [0.25, 0.3) is 5.91 Å². The normalized spacial score (nSPS) is 13.3. The van der Waals surface area contributed by atoms with Crippen LogP contribution >= 0.6 is 0 Å². The van der Waals surface area contributed by atoms with Crippen molar-refractivity contribution in [2.75, 3.05) is 24.4 Å². The largest absolute Gasteiger partial charge is 0.497 e. The van der Waals surface area contributed by atoms with Gasteiger partial charge in [0.05, 0.1) is 24.9 Å². The van der Waals surface area contributed by atoms with E-state index < -0.39 is 0 Å². The van der Waals surface area contributed by atoms with Gasteiger partial charge in [-0.05, 0) is 24.3 Å². The highest BCUT2D eigenvalue weighted by Gasteiger charge is 2.30. The van der Waals surface area contributed by atoms with E-state index in [1.54, 1.807) is 25.3 Å². The Balaban J connectivity index is 1.92. The third kappa shape index (κ3) is 1.95. The number of nitrogens with one attached hydrogen (secondary N) is 1. The highest BCUT2D eigenvalue weighted by molar-refractivity contribution is 6.09. The molecule has 2 aromatic rings. The predicted molar refractivity (Wildman–Crippen MR) is 75.1 cm³/mol. The Labute approximate surface area is 116 Å². The number of hydrogen-bond acceptors (Lipinski definition) is 5. The fourth-order valence-electron chi connectivity index (χ4n) is 2.17. The quantitative estimate of drug-likeness (QED) is 0.919. The van der Waals surface area contributed by atoms with Crippen molar-refractivity contribution in [1.29, 1.82) is 0 Å². The summed E-state index contributed by atoms with van der Waals surface area (Å²) in [6.07, 6.45) is 1.57. The lowest BCUT2D eigenvalue weighted by Crippen LogP contribution is -2.22. The molecule has 0 fully saturated rings. The molecule has 0 saturated carbocycles. The van der Waals surface area contributed by atoms with E-state index in [2.05, 4.69) is 15.3 Å². The van der Waals surface area contributed by atoms with Gasteiger partial charge in [-0.3, -0.25) is 4.79 Å². The third-order valence-electron chi connectivity index (χ3n) is 3.26. The fraction of sp³-hybridized carbons (Fsp3) is 0.214. The first kappa shape index (κ1) is 12.4. The molecule has 1 aromatic carbocycles. The number of benzene rings is 1. The number of aromatic nitrogens is 2. The minimum absolute atomic E-state index is 0.0761. The van der Waals surface area contributed by atoms with Gasteiger partial charge in [0, 0.05) is 18.9 Å². The van der Waals surface area contributed by atoms with E-state index in [0.717, 1.165) is 17.1 Å². The first-order valence-corrected chi connectivity index (χ1v) is 6.22. The summed E-state index contributed by atoms with van der Waals surface area (Å²) in [5.74, 6) is 1.20. The van der Waals surface area contributed by atoms with E-state index in [4.69, 9.17) is 4.74 Å². The van der Waals surface area contributed by atoms with E-state index in [9.17, 15) is 4.79 Å². The lowest BCUT2D eigenvalue weighted by atomic mass is 10.2. The molecule has 3 rings (SSSR count). The molecule has 6 heteroatoms. The predicted octanol–water partition coefficient (Wildman–Crippen LogP) is 1.69. The smallest absolute Gasteiger partial charge is 0.262 e. The highest BCUT2D eigenvalue weighted by Crippen LogP contribution is 2.28. The monoisotopic (exact) mass is 270 g/mol. The Hall–Kier alpha value is -2.63. The minimum atomic E-state index is -0.0761. The number of anilines is 2. The standard InChI is InChI=1S/C14H14N4O2/c1-15-14-16-7-11-12(17-14)8-18(13(11)19)9-3-5-10(20-2)6-4-9/h3-7H,8H2,1-2H3,(H,15,16,17). The summed E-state index contributed by atoms with van der Waals surface area (Å²) in [6, 6.07) is 7.37. The molecule has 0 spiro atoms. The molecule has 0 bridgehead atoms. The van der Waals surface area contributed by atoms with Crippen molar-refractivity contribution in [3.8, 4) is 5.75 Å².